The van der Waals surface area contributed by atoms with Crippen molar-refractivity contribution in [3.63, 3.8) is 0 Å². The number of amides is 2. The van der Waals surface area contributed by atoms with Gasteiger partial charge in [-0.3, -0.25) is 9.59 Å². The van der Waals surface area contributed by atoms with E-state index in [1.807, 2.05) is 11.8 Å². The summed E-state index contributed by atoms with van der Waals surface area (Å²) in [5, 5.41) is 2.93. The maximum atomic E-state index is 12.3. The largest absolute Gasteiger partial charge is 0.448 e. The van der Waals surface area contributed by atoms with E-state index in [-0.39, 0.29) is 17.9 Å². The maximum absolute atomic E-state index is 12.3. The highest BCUT2D eigenvalue weighted by molar-refractivity contribution is 5.94. The van der Waals surface area contributed by atoms with E-state index in [1.165, 1.54) is 38.5 Å². The molecule has 0 unspecified atom stereocenters. The van der Waals surface area contributed by atoms with Gasteiger partial charge < -0.3 is 14.6 Å². The van der Waals surface area contributed by atoms with E-state index < -0.39 is 0 Å². The number of carbonyl (C=O) groups excluding carboxylic acids is 2. The van der Waals surface area contributed by atoms with Gasteiger partial charge in [0.2, 0.25) is 5.91 Å². The second-order valence-corrected chi connectivity index (χ2v) is 6.65. The monoisotopic (exact) mass is 319 g/mol. The van der Waals surface area contributed by atoms with E-state index >= 15 is 0 Å². The molecule has 0 spiro atoms. The zero-order valence-electron chi connectivity index (χ0n) is 13.7. The molecule has 1 saturated carbocycles. The third-order valence-corrected chi connectivity index (χ3v) is 4.93. The molecule has 1 aromatic heterocycles. The molecule has 2 aliphatic rings. The van der Waals surface area contributed by atoms with Crippen molar-refractivity contribution in [2.24, 2.45) is 5.92 Å². The lowest BCUT2D eigenvalue weighted by atomic mass is 9.89. The SMILES string of the molecule is CCc1ocnc1C(=O)N[C@H]1CC(=O)N(CC2CCCCC2)C1. The molecule has 1 saturated heterocycles. The minimum Gasteiger partial charge on any atom is -0.448 e. The fourth-order valence-electron chi connectivity index (χ4n) is 3.69. The van der Waals surface area contributed by atoms with E-state index in [0.29, 0.717) is 36.8 Å². The van der Waals surface area contributed by atoms with Crippen LogP contribution in [0.2, 0.25) is 0 Å². The van der Waals surface area contributed by atoms with Crippen molar-refractivity contribution >= 4 is 11.8 Å². The van der Waals surface area contributed by atoms with E-state index in [4.69, 9.17) is 4.42 Å². The van der Waals surface area contributed by atoms with Crippen LogP contribution in [0.1, 0.15) is 61.7 Å². The van der Waals surface area contributed by atoms with Gasteiger partial charge in [-0.2, -0.15) is 0 Å². The fraction of sp³-hybridized carbons (Fsp3) is 0.706. The second-order valence-electron chi connectivity index (χ2n) is 6.65. The normalized spacial score (nSPS) is 22.6. The number of oxazole rings is 1. The maximum Gasteiger partial charge on any atom is 0.273 e. The second kappa shape index (κ2) is 7.15. The standard InChI is InChI=1S/C17H25N3O3/c1-2-14-16(18-11-23-14)17(22)19-13-8-15(21)20(10-13)9-12-6-4-3-5-7-12/h11-13H,2-10H2,1H3,(H,19,22)/t13-/m0/s1. The predicted octanol–water partition coefficient (Wildman–Crippen LogP) is 2.15. The molecule has 1 aliphatic heterocycles. The van der Waals surface area contributed by atoms with Crippen LogP contribution in [-0.4, -0.2) is 40.8 Å². The number of aryl methyl sites for hydroxylation is 1. The Labute approximate surface area is 136 Å². The van der Waals surface area contributed by atoms with Crippen LogP contribution in [0.25, 0.3) is 0 Å². The summed E-state index contributed by atoms with van der Waals surface area (Å²) in [6.07, 6.45) is 8.62. The van der Waals surface area contributed by atoms with Gasteiger partial charge in [0.15, 0.2) is 12.1 Å². The van der Waals surface area contributed by atoms with Crippen LogP contribution in [0.4, 0.5) is 0 Å². The fourth-order valence-corrected chi connectivity index (χ4v) is 3.69. The Morgan fingerprint density at radius 2 is 2.17 bits per heavy atom. The van der Waals surface area contributed by atoms with Crippen molar-refractivity contribution in [2.45, 2.75) is 57.9 Å². The molecule has 0 aromatic carbocycles. The first-order chi connectivity index (χ1) is 11.2. The van der Waals surface area contributed by atoms with Crippen LogP contribution < -0.4 is 5.32 Å². The predicted molar refractivity (Wildman–Crippen MR) is 84.9 cm³/mol. The summed E-state index contributed by atoms with van der Waals surface area (Å²) in [4.78, 5) is 30.4. The first-order valence-corrected chi connectivity index (χ1v) is 8.68. The quantitative estimate of drug-likeness (QED) is 0.902. The van der Waals surface area contributed by atoms with Crippen molar-refractivity contribution in [3.8, 4) is 0 Å². The smallest absolute Gasteiger partial charge is 0.273 e. The minimum absolute atomic E-state index is 0.125. The minimum atomic E-state index is -0.243. The van der Waals surface area contributed by atoms with E-state index in [2.05, 4.69) is 10.3 Å². The van der Waals surface area contributed by atoms with Gasteiger partial charge in [0.25, 0.3) is 5.91 Å². The van der Waals surface area contributed by atoms with Crippen molar-refractivity contribution in [1.82, 2.24) is 15.2 Å². The first-order valence-electron chi connectivity index (χ1n) is 8.68. The summed E-state index contributed by atoms with van der Waals surface area (Å²) in [6.45, 7) is 3.37. The summed E-state index contributed by atoms with van der Waals surface area (Å²) in [7, 11) is 0. The Bertz CT molecular complexity index is 563. The van der Waals surface area contributed by atoms with Crippen LogP contribution >= 0.6 is 0 Å². The first kappa shape index (κ1) is 16.0. The number of rotatable bonds is 5. The Morgan fingerprint density at radius 1 is 1.39 bits per heavy atom. The van der Waals surface area contributed by atoms with Gasteiger partial charge in [-0.05, 0) is 18.8 Å². The zero-order valence-corrected chi connectivity index (χ0v) is 13.7. The summed E-state index contributed by atoms with van der Waals surface area (Å²) in [5.41, 5.74) is 0.339. The lowest BCUT2D eigenvalue weighted by Crippen LogP contribution is -2.38. The third-order valence-electron chi connectivity index (χ3n) is 4.93. The number of carbonyl (C=O) groups is 2. The van der Waals surface area contributed by atoms with E-state index in [9.17, 15) is 9.59 Å². The van der Waals surface area contributed by atoms with Crippen LogP contribution in [0, 0.1) is 5.92 Å². The highest BCUT2D eigenvalue weighted by Crippen LogP contribution is 2.26. The molecule has 126 valence electrons. The summed E-state index contributed by atoms with van der Waals surface area (Å²) >= 11 is 0. The molecule has 2 fully saturated rings. The van der Waals surface area contributed by atoms with Gasteiger partial charge in [-0.25, -0.2) is 4.98 Å². The number of likely N-dealkylation sites (tertiary alicyclic amines) is 1. The number of hydrogen-bond acceptors (Lipinski definition) is 4. The molecule has 6 heteroatoms. The van der Waals surface area contributed by atoms with Gasteiger partial charge >= 0.3 is 0 Å². The van der Waals surface area contributed by atoms with Crippen LogP contribution in [0.15, 0.2) is 10.8 Å². The highest BCUT2D eigenvalue weighted by Gasteiger charge is 2.33. The molecular weight excluding hydrogens is 294 g/mol. The number of aromatic nitrogens is 1. The van der Waals surface area contributed by atoms with E-state index in [0.717, 1.165) is 6.54 Å². The lowest BCUT2D eigenvalue weighted by Gasteiger charge is -2.27. The van der Waals surface area contributed by atoms with Crippen molar-refractivity contribution in [1.29, 1.82) is 0 Å². The summed E-state index contributed by atoms with van der Waals surface area (Å²) < 4.78 is 5.19. The van der Waals surface area contributed by atoms with Crippen LogP contribution in [0.5, 0.6) is 0 Å². The zero-order chi connectivity index (χ0) is 16.2. The number of hydrogen-bond donors (Lipinski definition) is 1. The Kier molecular flexibility index (Phi) is 4.98. The molecule has 1 aromatic rings. The molecule has 2 amide bonds. The van der Waals surface area contributed by atoms with Crippen molar-refractivity contribution in [3.05, 3.63) is 17.8 Å². The molecular formula is C17H25N3O3. The van der Waals surface area contributed by atoms with Crippen LogP contribution in [0.3, 0.4) is 0 Å². The van der Waals surface area contributed by atoms with Crippen molar-refractivity contribution in [2.75, 3.05) is 13.1 Å². The van der Waals surface area contributed by atoms with Gasteiger partial charge in [0.1, 0.15) is 5.76 Å². The average molecular weight is 319 g/mol. The van der Waals surface area contributed by atoms with Gasteiger partial charge in [0, 0.05) is 25.9 Å². The van der Waals surface area contributed by atoms with Gasteiger partial charge in [-0.15, -0.1) is 0 Å². The topological polar surface area (TPSA) is 75.4 Å². The van der Waals surface area contributed by atoms with Crippen LogP contribution in [-0.2, 0) is 11.2 Å². The lowest BCUT2D eigenvalue weighted by molar-refractivity contribution is -0.128. The molecule has 1 N–H and O–H groups in total. The molecule has 0 radical (unpaired) electrons. The summed E-state index contributed by atoms with van der Waals surface area (Å²) in [6, 6.07) is -0.125. The molecule has 2 heterocycles. The number of nitrogens with one attached hydrogen (secondary N) is 1. The Balaban J connectivity index is 1.54. The molecule has 23 heavy (non-hydrogen) atoms. The average Bonchev–Trinajstić information content (AvgIpc) is 3.15. The molecule has 6 nitrogen and oxygen atoms in total. The summed E-state index contributed by atoms with van der Waals surface area (Å²) in [5.74, 6) is 1.12. The van der Waals surface area contributed by atoms with Gasteiger partial charge in [-0.1, -0.05) is 26.2 Å². The highest BCUT2D eigenvalue weighted by atomic mass is 16.3. The van der Waals surface area contributed by atoms with Gasteiger partial charge in [0.05, 0.1) is 6.04 Å². The molecule has 3 rings (SSSR count). The molecule has 1 aliphatic carbocycles. The number of nitrogens with zero attached hydrogens (tertiary/aromatic N) is 2. The van der Waals surface area contributed by atoms with E-state index in [1.54, 1.807) is 0 Å². The third kappa shape index (κ3) is 3.74. The molecule has 1 atom stereocenters. The Hall–Kier alpha value is -1.85. The molecule has 0 bridgehead atoms. The Morgan fingerprint density at radius 3 is 2.91 bits per heavy atom. The van der Waals surface area contributed by atoms with Crippen molar-refractivity contribution < 1.29 is 14.0 Å².